The predicted octanol–water partition coefficient (Wildman–Crippen LogP) is 2.39. The summed E-state index contributed by atoms with van der Waals surface area (Å²) in [5, 5.41) is 5.47. The lowest BCUT2D eigenvalue weighted by molar-refractivity contribution is -0.126. The third-order valence-electron chi connectivity index (χ3n) is 2.40. The van der Waals surface area contributed by atoms with E-state index in [0.29, 0.717) is 0 Å². The van der Waals surface area contributed by atoms with Gasteiger partial charge < -0.3 is 10.6 Å². The average molecular weight is 360 g/mol. The molecule has 2 amide bonds. The Morgan fingerprint density at radius 1 is 1.28 bits per heavy atom. The number of anilines is 1. The number of carbonyl (C=O) groups excluding carboxylic acids is 2. The van der Waals surface area contributed by atoms with Crippen molar-refractivity contribution in [3.05, 3.63) is 27.8 Å². The van der Waals surface area contributed by atoms with Crippen LogP contribution in [-0.4, -0.2) is 17.9 Å². The van der Waals surface area contributed by atoms with Crippen LogP contribution in [0.3, 0.4) is 0 Å². The van der Waals surface area contributed by atoms with Gasteiger partial charge in [0, 0.05) is 16.2 Å². The molecule has 0 aliphatic heterocycles. The fraction of sp³-hybridized carbons (Fsp3) is 0.385. The minimum atomic E-state index is -0.514. The van der Waals surface area contributed by atoms with Crippen LogP contribution in [0.1, 0.15) is 20.8 Å². The van der Waals surface area contributed by atoms with E-state index in [1.807, 2.05) is 38.1 Å². The third kappa shape index (κ3) is 4.64. The van der Waals surface area contributed by atoms with Gasteiger partial charge in [0.25, 0.3) is 0 Å². The highest BCUT2D eigenvalue weighted by Crippen LogP contribution is 2.13. The molecular weight excluding hydrogens is 343 g/mol. The zero-order chi connectivity index (χ0) is 13.7. The zero-order valence-electron chi connectivity index (χ0n) is 10.7. The number of hydrogen-bond acceptors (Lipinski definition) is 2. The van der Waals surface area contributed by atoms with Crippen molar-refractivity contribution in [3.63, 3.8) is 0 Å². The minimum absolute atomic E-state index is 0.0386. The van der Waals surface area contributed by atoms with Gasteiger partial charge >= 0.3 is 0 Å². The number of hydrogen-bond donors (Lipinski definition) is 2. The zero-order valence-corrected chi connectivity index (χ0v) is 12.8. The lowest BCUT2D eigenvalue weighted by Crippen LogP contribution is -2.46. The van der Waals surface area contributed by atoms with Gasteiger partial charge in [-0.15, -0.1) is 0 Å². The van der Waals surface area contributed by atoms with Gasteiger partial charge in [-0.2, -0.15) is 0 Å². The summed E-state index contributed by atoms with van der Waals surface area (Å²) in [7, 11) is 0. The Morgan fingerprint density at radius 2 is 1.94 bits per heavy atom. The molecule has 0 saturated heterocycles. The summed E-state index contributed by atoms with van der Waals surface area (Å²) in [6, 6.07) is 7.01. The number of nitrogens with one attached hydrogen (secondary N) is 2. The fourth-order valence-corrected chi connectivity index (χ4v) is 2.08. The van der Waals surface area contributed by atoms with E-state index in [-0.39, 0.29) is 17.7 Å². The predicted molar refractivity (Wildman–Crippen MR) is 80.2 cm³/mol. The number of rotatable bonds is 4. The summed E-state index contributed by atoms with van der Waals surface area (Å²) in [6.07, 6.45) is 0. The van der Waals surface area contributed by atoms with E-state index in [1.54, 1.807) is 0 Å². The quantitative estimate of drug-likeness (QED) is 0.811. The van der Waals surface area contributed by atoms with Gasteiger partial charge in [-0.25, -0.2) is 0 Å². The molecule has 0 aliphatic rings. The highest BCUT2D eigenvalue weighted by atomic mass is 127. The number of amides is 2. The largest absolute Gasteiger partial charge is 0.344 e. The first-order chi connectivity index (χ1) is 8.40. The van der Waals surface area contributed by atoms with Crippen molar-refractivity contribution in [2.45, 2.75) is 26.8 Å². The topological polar surface area (TPSA) is 58.2 Å². The molecule has 0 heterocycles. The summed E-state index contributed by atoms with van der Waals surface area (Å²) in [4.78, 5) is 23.1. The van der Waals surface area contributed by atoms with Crippen molar-refractivity contribution in [1.82, 2.24) is 5.32 Å². The normalized spacial score (nSPS) is 12.1. The van der Waals surface area contributed by atoms with Gasteiger partial charge in [-0.3, -0.25) is 9.59 Å². The van der Waals surface area contributed by atoms with Crippen LogP contribution in [0.4, 0.5) is 5.69 Å². The monoisotopic (exact) mass is 360 g/mol. The standard InChI is InChI=1S/C13H17IN2O2/c1-8(2)12(15-9(3)17)13(18)16-11-6-4-5-10(14)7-11/h4-8,12H,1-3H3,(H,15,17)(H,16,18). The van der Waals surface area contributed by atoms with Crippen LogP contribution >= 0.6 is 22.6 Å². The summed E-state index contributed by atoms with van der Waals surface area (Å²) in [6.45, 7) is 5.21. The first kappa shape index (κ1) is 14.9. The Hall–Kier alpha value is -1.11. The Balaban J connectivity index is 2.75. The number of halogens is 1. The van der Waals surface area contributed by atoms with Crippen LogP contribution in [0.5, 0.6) is 0 Å². The summed E-state index contributed by atoms with van der Waals surface area (Å²) < 4.78 is 1.05. The number of benzene rings is 1. The molecule has 1 unspecified atom stereocenters. The van der Waals surface area contributed by atoms with Gasteiger partial charge in [-0.1, -0.05) is 19.9 Å². The molecule has 0 spiro atoms. The van der Waals surface area contributed by atoms with Crippen molar-refractivity contribution in [1.29, 1.82) is 0 Å². The molecular formula is C13H17IN2O2. The molecule has 0 radical (unpaired) electrons. The molecule has 4 nitrogen and oxygen atoms in total. The average Bonchev–Trinajstić information content (AvgIpc) is 2.25. The molecule has 1 atom stereocenters. The van der Waals surface area contributed by atoms with Crippen LogP contribution in [0, 0.1) is 9.49 Å². The molecule has 1 aromatic rings. The second-order valence-corrected chi connectivity index (χ2v) is 5.67. The summed E-state index contributed by atoms with van der Waals surface area (Å²) >= 11 is 2.18. The van der Waals surface area contributed by atoms with Crippen molar-refractivity contribution in [2.24, 2.45) is 5.92 Å². The Labute approximate surface area is 121 Å². The second kappa shape index (κ2) is 6.72. The fourth-order valence-electron chi connectivity index (χ4n) is 1.54. The summed E-state index contributed by atoms with van der Waals surface area (Å²) in [5.41, 5.74) is 0.739. The number of carbonyl (C=O) groups is 2. The highest BCUT2D eigenvalue weighted by Gasteiger charge is 2.22. The lowest BCUT2D eigenvalue weighted by atomic mass is 10.0. The minimum Gasteiger partial charge on any atom is -0.344 e. The van der Waals surface area contributed by atoms with Gasteiger partial charge in [0.2, 0.25) is 11.8 Å². The maximum absolute atomic E-state index is 12.1. The molecule has 0 saturated carbocycles. The maximum Gasteiger partial charge on any atom is 0.247 e. The van der Waals surface area contributed by atoms with Crippen LogP contribution in [-0.2, 0) is 9.59 Å². The highest BCUT2D eigenvalue weighted by molar-refractivity contribution is 14.1. The van der Waals surface area contributed by atoms with Crippen LogP contribution in [0.2, 0.25) is 0 Å². The van der Waals surface area contributed by atoms with Crippen LogP contribution in [0.25, 0.3) is 0 Å². The van der Waals surface area contributed by atoms with Crippen LogP contribution < -0.4 is 10.6 Å². The molecule has 1 aromatic carbocycles. The van der Waals surface area contributed by atoms with Crippen molar-refractivity contribution < 1.29 is 9.59 Å². The van der Waals surface area contributed by atoms with E-state index in [0.717, 1.165) is 9.26 Å². The molecule has 0 aromatic heterocycles. The Kier molecular flexibility index (Phi) is 5.58. The lowest BCUT2D eigenvalue weighted by Gasteiger charge is -2.20. The van der Waals surface area contributed by atoms with Crippen molar-refractivity contribution in [2.75, 3.05) is 5.32 Å². The van der Waals surface area contributed by atoms with E-state index >= 15 is 0 Å². The third-order valence-corrected chi connectivity index (χ3v) is 3.07. The van der Waals surface area contributed by atoms with E-state index in [4.69, 9.17) is 0 Å². The van der Waals surface area contributed by atoms with E-state index in [2.05, 4.69) is 33.2 Å². The molecule has 1 rings (SSSR count). The van der Waals surface area contributed by atoms with Gasteiger partial charge in [-0.05, 0) is 46.7 Å². The smallest absolute Gasteiger partial charge is 0.247 e. The molecule has 2 N–H and O–H groups in total. The summed E-state index contributed by atoms with van der Waals surface area (Å²) in [5.74, 6) is -0.356. The van der Waals surface area contributed by atoms with Crippen molar-refractivity contribution in [3.8, 4) is 0 Å². The van der Waals surface area contributed by atoms with Gasteiger partial charge in [0.15, 0.2) is 0 Å². The molecule has 5 heteroatoms. The molecule has 18 heavy (non-hydrogen) atoms. The SMILES string of the molecule is CC(=O)NC(C(=O)Nc1cccc(I)c1)C(C)C. The molecule has 98 valence electrons. The van der Waals surface area contributed by atoms with E-state index in [1.165, 1.54) is 6.92 Å². The van der Waals surface area contributed by atoms with Crippen LogP contribution in [0.15, 0.2) is 24.3 Å². The maximum atomic E-state index is 12.1. The first-order valence-electron chi connectivity index (χ1n) is 5.73. The molecule has 0 bridgehead atoms. The Morgan fingerprint density at radius 3 is 2.44 bits per heavy atom. The van der Waals surface area contributed by atoms with Gasteiger partial charge in [0.05, 0.1) is 0 Å². The first-order valence-corrected chi connectivity index (χ1v) is 6.81. The van der Waals surface area contributed by atoms with Crippen molar-refractivity contribution >= 4 is 40.1 Å². The Bertz CT molecular complexity index is 446. The van der Waals surface area contributed by atoms with E-state index in [9.17, 15) is 9.59 Å². The molecule has 0 aliphatic carbocycles. The van der Waals surface area contributed by atoms with E-state index < -0.39 is 6.04 Å². The molecule has 0 fully saturated rings. The van der Waals surface area contributed by atoms with Gasteiger partial charge in [0.1, 0.15) is 6.04 Å². The second-order valence-electron chi connectivity index (χ2n) is 4.42.